The van der Waals surface area contributed by atoms with Crippen molar-refractivity contribution in [1.29, 1.82) is 0 Å². The lowest BCUT2D eigenvalue weighted by Crippen LogP contribution is -2.14. The molecule has 160 valence electrons. The van der Waals surface area contributed by atoms with Gasteiger partial charge in [0.05, 0.1) is 11.1 Å². The highest BCUT2D eigenvalue weighted by Gasteiger charge is 2.26. The average molecular weight is 448 g/mol. The SMILES string of the molecule is Cc1oncc1C(=O)Nc1ccc(NS(=O)(=O)c2ccc3c4c(cccc24)C(=O)N3)cc1. The Balaban J connectivity index is 1.40. The third-order valence-corrected chi connectivity index (χ3v) is 6.61. The summed E-state index contributed by atoms with van der Waals surface area (Å²) in [4.78, 5) is 24.4. The van der Waals surface area contributed by atoms with Crippen molar-refractivity contribution in [2.45, 2.75) is 11.8 Å². The van der Waals surface area contributed by atoms with Crippen LogP contribution in [0.3, 0.4) is 0 Å². The van der Waals surface area contributed by atoms with Gasteiger partial charge in [-0.05, 0) is 49.4 Å². The number of benzene rings is 3. The molecule has 1 aliphatic heterocycles. The van der Waals surface area contributed by atoms with Crippen LogP contribution in [0.2, 0.25) is 0 Å². The second-order valence-corrected chi connectivity index (χ2v) is 8.88. The highest BCUT2D eigenvalue weighted by Crippen LogP contribution is 2.37. The molecule has 3 N–H and O–H groups in total. The molecule has 2 amide bonds. The normalized spacial score (nSPS) is 12.6. The molecule has 0 unspecified atom stereocenters. The van der Waals surface area contributed by atoms with Crippen molar-refractivity contribution in [3.05, 3.63) is 77.7 Å². The Morgan fingerprint density at radius 3 is 2.50 bits per heavy atom. The number of aryl methyl sites for hydroxylation is 1. The van der Waals surface area contributed by atoms with E-state index >= 15 is 0 Å². The number of aromatic nitrogens is 1. The van der Waals surface area contributed by atoms with E-state index in [1.165, 1.54) is 12.3 Å². The van der Waals surface area contributed by atoms with E-state index in [4.69, 9.17) is 4.52 Å². The Morgan fingerprint density at radius 2 is 1.78 bits per heavy atom. The average Bonchev–Trinajstić information content (AvgIpc) is 3.34. The van der Waals surface area contributed by atoms with Gasteiger partial charge in [0.1, 0.15) is 11.3 Å². The molecule has 0 bridgehead atoms. The molecule has 10 heteroatoms. The second-order valence-electron chi connectivity index (χ2n) is 7.23. The number of hydrogen-bond donors (Lipinski definition) is 3. The topological polar surface area (TPSA) is 130 Å². The number of anilines is 3. The zero-order valence-corrected chi connectivity index (χ0v) is 17.5. The Kier molecular flexibility index (Phi) is 4.45. The highest BCUT2D eigenvalue weighted by atomic mass is 32.2. The van der Waals surface area contributed by atoms with Crippen molar-refractivity contribution in [2.24, 2.45) is 0 Å². The van der Waals surface area contributed by atoms with E-state index in [0.29, 0.717) is 44.7 Å². The quantitative estimate of drug-likeness (QED) is 0.426. The fraction of sp³-hybridized carbons (Fsp3) is 0.0455. The molecule has 1 aromatic heterocycles. The molecule has 5 rings (SSSR count). The van der Waals surface area contributed by atoms with Crippen LogP contribution in [-0.2, 0) is 10.0 Å². The second kappa shape index (κ2) is 7.20. The molecule has 0 radical (unpaired) electrons. The predicted molar refractivity (Wildman–Crippen MR) is 118 cm³/mol. The minimum Gasteiger partial charge on any atom is -0.361 e. The summed E-state index contributed by atoms with van der Waals surface area (Å²) >= 11 is 0. The van der Waals surface area contributed by atoms with Crippen LogP contribution >= 0.6 is 0 Å². The molecule has 0 saturated carbocycles. The molecular weight excluding hydrogens is 432 g/mol. The maximum absolute atomic E-state index is 13.1. The van der Waals surface area contributed by atoms with E-state index in [9.17, 15) is 18.0 Å². The first-order valence-corrected chi connectivity index (χ1v) is 11.0. The van der Waals surface area contributed by atoms with Gasteiger partial charge in [0.2, 0.25) is 0 Å². The van der Waals surface area contributed by atoms with E-state index < -0.39 is 10.0 Å². The van der Waals surface area contributed by atoms with Crippen LogP contribution in [0.5, 0.6) is 0 Å². The van der Waals surface area contributed by atoms with E-state index in [2.05, 4.69) is 20.5 Å². The van der Waals surface area contributed by atoms with Crippen molar-refractivity contribution in [2.75, 3.05) is 15.4 Å². The first kappa shape index (κ1) is 19.8. The van der Waals surface area contributed by atoms with Crippen LogP contribution in [-0.4, -0.2) is 25.4 Å². The Bertz CT molecular complexity index is 1510. The summed E-state index contributed by atoms with van der Waals surface area (Å²) in [5, 5.41) is 10.1. The molecule has 0 aliphatic carbocycles. The number of amides is 2. The molecule has 0 fully saturated rings. The first-order valence-electron chi connectivity index (χ1n) is 9.56. The summed E-state index contributed by atoms with van der Waals surface area (Å²) < 4.78 is 33.6. The predicted octanol–water partition coefficient (Wildman–Crippen LogP) is 3.76. The number of nitrogens with zero attached hydrogens (tertiary/aromatic N) is 1. The van der Waals surface area contributed by atoms with Gasteiger partial charge in [-0.2, -0.15) is 0 Å². The van der Waals surface area contributed by atoms with Crippen LogP contribution in [0.25, 0.3) is 10.8 Å². The summed E-state index contributed by atoms with van der Waals surface area (Å²) in [6, 6.07) is 14.3. The maximum Gasteiger partial charge on any atom is 0.262 e. The number of rotatable bonds is 5. The molecule has 9 nitrogen and oxygen atoms in total. The van der Waals surface area contributed by atoms with Crippen LogP contribution in [0.15, 0.2) is 70.2 Å². The van der Waals surface area contributed by atoms with Gasteiger partial charge in [-0.15, -0.1) is 0 Å². The molecule has 1 aliphatic rings. The largest absolute Gasteiger partial charge is 0.361 e. The van der Waals surface area contributed by atoms with Crippen molar-refractivity contribution in [1.82, 2.24) is 5.16 Å². The number of sulfonamides is 1. The van der Waals surface area contributed by atoms with E-state index in [0.717, 1.165) is 0 Å². The lowest BCUT2D eigenvalue weighted by atomic mass is 10.1. The van der Waals surface area contributed by atoms with E-state index in [1.807, 2.05) is 0 Å². The molecule has 0 spiro atoms. The van der Waals surface area contributed by atoms with Gasteiger partial charge in [-0.3, -0.25) is 14.3 Å². The number of hydrogen-bond acceptors (Lipinski definition) is 6. The van der Waals surface area contributed by atoms with Crippen molar-refractivity contribution in [3.8, 4) is 0 Å². The Hall–Kier alpha value is -4.18. The standard InChI is InChI=1S/C22H16N4O5S/c1-12-17(11-23-31-12)22(28)24-13-5-7-14(8-6-13)26-32(29,30)19-10-9-18-20-15(19)3-2-4-16(20)21(27)25-18/h2-11,26H,1H3,(H,24,28)(H,25,27). The maximum atomic E-state index is 13.1. The van der Waals surface area contributed by atoms with Gasteiger partial charge >= 0.3 is 0 Å². The number of carbonyl (C=O) groups excluding carboxylic acids is 2. The molecule has 4 aromatic rings. The number of nitrogens with one attached hydrogen (secondary N) is 3. The van der Waals surface area contributed by atoms with Crippen LogP contribution in [0.1, 0.15) is 26.5 Å². The zero-order valence-electron chi connectivity index (χ0n) is 16.7. The molecule has 32 heavy (non-hydrogen) atoms. The summed E-state index contributed by atoms with van der Waals surface area (Å²) in [6.07, 6.45) is 1.33. The molecule has 0 atom stereocenters. The summed E-state index contributed by atoms with van der Waals surface area (Å²) in [5.74, 6) is -0.241. The highest BCUT2D eigenvalue weighted by molar-refractivity contribution is 7.93. The smallest absolute Gasteiger partial charge is 0.262 e. The zero-order chi connectivity index (χ0) is 22.5. The fourth-order valence-electron chi connectivity index (χ4n) is 3.64. The van der Waals surface area contributed by atoms with Crippen molar-refractivity contribution < 1.29 is 22.5 Å². The Morgan fingerprint density at radius 1 is 1.03 bits per heavy atom. The van der Waals surface area contributed by atoms with Gasteiger partial charge < -0.3 is 15.2 Å². The summed E-state index contributed by atoms with van der Waals surface area (Å²) in [6.45, 7) is 1.63. The lowest BCUT2D eigenvalue weighted by Gasteiger charge is -2.12. The number of carbonyl (C=O) groups is 2. The lowest BCUT2D eigenvalue weighted by molar-refractivity contribution is 0.101. The van der Waals surface area contributed by atoms with Gasteiger partial charge in [-0.25, -0.2) is 8.42 Å². The van der Waals surface area contributed by atoms with Crippen molar-refractivity contribution in [3.63, 3.8) is 0 Å². The third kappa shape index (κ3) is 3.26. The van der Waals surface area contributed by atoms with Crippen LogP contribution in [0.4, 0.5) is 17.1 Å². The van der Waals surface area contributed by atoms with Crippen LogP contribution < -0.4 is 15.4 Å². The van der Waals surface area contributed by atoms with E-state index in [-0.39, 0.29) is 16.7 Å². The molecular formula is C22H16N4O5S. The van der Waals surface area contributed by atoms with Crippen molar-refractivity contribution >= 4 is 49.7 Å². The minimum atomic E-state index is -3.94. The monoisotopic (exact) mass is 448 g/mol. The van der Waals surface area contributed by atoms with Crippen LogP contribution in [0, 0.1) is 6.92 Å². The molecule has 0 saturated heterocycles. The Labute approximate surface area is 182 Å². The van der Waals surface area contributed by atoms with Gasteiger partial charge in [0.15, 0.2) is 0 Å². The van der Waals surface area contributed by atoms with Gasteiger partial charge in [0.25, 0.3) is 21.8 Å². The van der Waals surface area contributed by atoms with Gasteiger partial charge in [0, 0.05) is 33.4 Å². The summed E-state index contributed by atoms with van der Waals surface area (Å²) in [5.41, 5.74) is 2.14. The molecule has 3 aromatic carbocycles. The minimum absolute atomic E-state index is 0.0647. The summed E-state index contributed by atoms with van der Waals surface area (Å²) in [7, 11) is -3.94. The fourth-order valence-corrected chi connectivity index (χ4v) is 4.91. The van der Waals surface area contributed by atoms with Gasteiger partial charge in [-0.1, -0.05) is 17.3 Å². The van der Waals surface area contributed by atoms with E-state index in [1.54, 1.807) is 55.5 Å². The first-order chi connectivity index (χ1) is 15.3. The molecule has 2 heterocycles. The third-order valence-electron chi connectivity index (χ3n) is 5.17.